The van der Waals surface area contributed by atoms with Gasteiger partial charge in [-0.1, -0.05) is 6.07 Å². The Bertz CT molecular complexity index is 644. The highest BCUT2D eigenvalue weighted by Gasteiger charge is 2.06. The van der Waals surface area contributed by atoms with E-state index in [1.54, 1.807) is 0 Å². The first-order valence-electron chi connectivity index (χ1n) is 6.61. The monoisotopic (exact) mass is 307 g/mol. The van der Waals surface area contributed by atoms with Crippen molar-refractivity contribution in [3.05, 3.63) is 65.2 Å². The van der Waals surface area contributed by atoms with E-state index in [0.717, 1.165) is 0 Å². The summed E-state index contributed by atoms with van der Waals surface area (Å²) < 4.78 is 31.1. The van der Waals surface area contributed by atoms with Crippen molar-refractivity contribution in [2.75, 3.05) is 6.61 Å². The second-order valence-corrected chi connectivity index (χ2v) is 4.60. The zero-order valence-electron chi connectivity index (χ0n) is 11.7. The SMILES string of the molecule is O=C(COc1ccc(F)cc1)NCc1ccc(F)c(CO)c1. The maximum absolute atomic E-state index is 13.2. The molecule has 0 spiro atoms. The van der Waals surface area contributed by atoms with E-state index in [1.807, 2.05) is 0 Å². The van der Waals surface area contributed by atoms with Crippen molar-refractivity contribution in [2.24, 2.45) is 0 Å². The summed E-state index contributed by atoms with van der Waals surface area (Å²) in [5.74, 6) is -0.842. The predicted molar refractivity (Wildman–Crippen MR) is 76.1 cm³/mol. The first kappa shape index (κ1) is 15.9. The normalized spacial score (nSPS) is 10.3. The summed E-state index contributed by atoms with van der Waals surface area (Å²) in [6.07, 6.45) is 0. The van der Waals surface area contributed by atoms with Crippen LogP contribution in [0.25, 0.3) is 0 Å². The Hall–Kier alpha value is -2.47. The fourth-order valence-electron chi connectivity index (χ4n) is 1.79. The molecule has 6 heteroatoms. The number of amides is 1. The van der Waals surface area contributed by atoms with E-state index >= 15 is 0 Å². The van der Waals surface area contributed by atoms with Crippen molar-refractivity contribution in [1.29, 1.82) is 0 Å². The lowest BCUT2D eigenvalue weighted by atomic mass is 10.1. The zero-order valence-corrected chi connectivity index (χ0v) is 11.7. The van der Waals surface area contributed by atoms with Crippen LogP contribution in [0.4, 0.5) is 8.78 Å². The number of carbonyl (C=O) groups is 1. The smallest absolute Gasteiger partial charge is 0.258 e. The van der Waals surface area contributed by atoms with Gasteiger partial charge in [0, 0.05) is 12.1 Å². The van der Waals surface area contributed by atoms with Crippen LogP contribution in [0, 0.1) is 11.6 Å². The summed E-state index contributed by atoms with van der Waals surface area (Å²) in [5.41, 5.74) is 0.842. The molecular weight excluding hydrogens is 292 g/mol. The summed E-state index contributed by atoms with van der Waals surface area (Å²) in [4.78, 5) is 11.6. The molecular formula is C16H15F2NO3. The topological polar surface area (TPSA) is 58.6 Å². The van der Waals surface area contributed by atoms with Gasteiger partial charge in [-0.2, -0.15) is 0 Å². The highest BCUT2D eigenvalue weighted by atomic mass is 19.1. The van der Waals surface area contributed by atoms with Crippen LogP contribution in [0.15, 0.2) is 42.5 Å². The molecule has 0 fully saturated rings. The lowest BCUT2D eigenvalue weighted by Gasteiger charge is -2.08. The Morgan fingerprint density at radius 2 is 1.86 bits per heavy atom. The molecule has 0 radical (unpaired) electrons. The van der Waals surface area contributed by atoms with E-state index in [2.05, 4.69) is 5.32 Å². The van der Waals surface area contributed by atoms with Crippen LogP contribution in [0.3, 0.4) is 0 Å². The number of halogens is 2. The molecule has 22 heavy (non-hydrogen) atoms. The minimum atomic E-state index is -0.489. The number of aliphatic hydroxyl groups is 1. The molecule has 2 aromatic carbocycles. The Morgan fingerprint density at radius 1 is 1.14 bits per heavy atom. The molecule has 0 unspecified atom stereocenters. The standard InChI is InChI=1S/C16H15F2NO3/c17-13-2-4-14(5-3-13)22-10-16(21)19-8-11-1-6-15(18)12(7-11)9-20/h1-7,20H,8-10H2,(H,19,21). The molecule has 1 amide bonds. The predicted octanol–water partition coefficient (Wildman–Crippen LogP) is 2.15. The van der Waals surface area contributed by atoms with Crippen LogP contribution < -0.4 is 10.1 Å². The summed E-state index contributed by atoms with van der Waals surface area (Å²) >= 11 is 0. The molecule has 2 N–H and O–H groups in total. The molecule has 0 aliphatic heterocycles. The molecule has 0 aliphatic carbocycles. The number of benzene rings is 2. The highest BCUT2D eigenvalue weighted by Crippen LogP contribution is 2.11. The number of hydrogen-bond acceptors (Lipinski definition) is 3. The zero-order chi connectivity index (χ0) is 15.9. The molecule has 0 aliphatic rings. The average molecular weight is 307 g/mol. The molecule has 0 heterocycles. The summed E-state index contributed by atoms with van der Waals surface area (Å²) in [6.45, 7) is -0.417. The van der Waals surface area contributed by atoms with E-state index in [4.69, 9.17) is 9.84 Å². The van der Waals surface area contributed by atoms with Crippen LogP contribution in [-0.2, 0) is 17.9 Å². The summed E-state index contributed by atoms with van der Waals surface area (Å²) in [7, 11) is 0. The van der Waals surface area contributed by atoms with Crippen molar-refractivity contribution >= 4 is 5.91 Å². The molecule has 0 atom stereocenters. The van der Waals surface area contributed by atoms with E-state index in [-0.39, 0.29) is 30.4 Å². The maximum Gasteiger partial charge on any atom is 0.258 e. The third-order valence-corrected chi connectivity index (χ3v) is 2.95. The van der Waals surface area contributed by atoms with Crippen LogP contribution >= 0.6 is 0 Å². The summed E-state index contributed by atoms with van der Waals surface area (Å²) in [6, 6.07) is 9.57. The van der Waals surface area contributed by atoms with Crippen molar-refractivity contribution in [1.82, 2.24) is 5.32 Å². The Kier molecular flexibility index (Phi) is 5.43. The Labute approximate surface area is 126 Å². The minimum absolute atomic E-state index is 0.175. The average Bonchev–Trinajstić information content (AvgIpc) is 2.53. The first-order valence-corrected chi connectivity index (χ1v) is 6.61. The number of hydrogen-bond donors (Lipinski definition) is 2. The molecule has 0 saturated carbocycles. The first-order chi connectivity index (χ1) is 10.6. The van der Waals surface area contributed by atoms with E-state index in [0.29, 0.717) is 11.3 Å². The van der Waals surface area contributed by atoms with Gasteiger partial charge in [0.1, 0.15) is 17.4 Å². The fourth-order valence-corrected chi connectivity index (χ4v) is 1.79. The number of rotatable bonds is 6. The molecule has 2 rings (SSSR count). The molecule has 4 nitrogen and oxygen atoms in total. The van der Waals surface area contributed by atoms with Gasteiger partial charge in [0.2, 0.25) is 0 Å². The lowest BCUT2D eigenvalue weighted by Crippen LogP contribution is -2.28. The van der Waals surface area contributed by atoms with Crippen molar-refractivity contribution in [3.8, 4) is 5.75 Å². The van der Waals surface area contributed by atoms with Crippen LogP contribution in [0.1, 0.15) is 11.1 Å². The Morgan fingerprint density at radius 3 is 2.55 bits per heavy atom. The quantitative estimate of drug-likeness (QED) is 0.860. The van der Waals surface area contributed by atoms with Gasteiger partial charge in [0.25, 0.3) is 5.91 Å². The number of carbonyl (C=O) groups excluding carboxylic acids is 1. The van der Waals surface area contributed by atoms with Crippen molar-refractivity contribution in [2.45, 2.75) is 13.2 Å². The van der Waals surface area contributed by atoms with Gasteiger partial charge in [0.05, 0.1) is 6.61 Å². The molecule has 2 aromatic rings. The lowest BCUT2D eigenvalue weighted by molar-refractivity contribution is -0.123. The molecule has 0 bridgehead atoms. The van der Waals surface area contributed by atoms with Crippen molar-refractivity contribution in [3.63, 3.8) is 0 Å². The minimum Gasteiger partial charge on any atom is -0.484 e. The highest BCUT2D eigenvalue weighted by molar-refractivity contribution is 5.77. The largest absolute Gasteiger partial charge is 0.484 e. The van der Waals surface area contributed by atoms with Gasteiger partial charge in [-0.25, -0.2) is 8.78 Å². The van der Waals surface area contributed by atoms with Crippen LogP contribution in [0.2, 0.25) is 0 Å². The van der Waals surface area contributed by atoms with Gasteiger partial charge < -0.3 is 15.2 Å². The molecule has 0 saturated heterocycles. The number of aliphatic hydroxyl groups excluding tert-OH is 1. The third kappa shape index (κ3) is 4.53. The molecule has 116 valence electrons. The van der Waals surface area contributed by atoms with Gasteiger partial charge in [0.15, 0.2) is 6.61 Å². The molecule has 0 aromatic heterocycles. The van der Waals surface area contributed by atoms with Crippen molar-refractivity contribution < 1.29 is 23.4 Å². The van der Waals surface area contributed by atoms with Gasteiger partial charge >= 0.3 is 0 Å². The van der Waals surface area contributed by atoms with Crippen LogP contribution in [-0.4, -0.2) is 17.6 Å². The number of ether oxygens (including phenoxy) is 1. The maximum atomic E-state index is 13.2. The second-order valence-electron chi connectivity index (χ2n) is 4.60. The summed E-state index contributed by atoms with van der Waals surface area (Å²) in [5, 5.41) is 11.6. The van der Waals surface area contributed by atoms with Gasteiger partial charge in [-0.3, -0.25) is 4.79 Å². The van der Waals surface area contributed by atoms with Gasteiger partial charge in [-0.05, 0) is 42.0 Å². The van der Waals surface area contributed by atoms with E-state index in [1.165, 1.54) is 42.5 Å². The number of nitrogens with one attached hydrogen (secondary N) is 1. The van der Waals surface area contributed by atoms with E-state index < -0.39 is 12.4 Å². The third-order valence-electron chi connectivity index (χ3n) is 2.95. The Balaban J connectivity index is 1.81. The fraction of sp³-hybridized carbons (Fsp3) is 0.188. The second kappa shape index (κ2) is 7.51. The van der Waals surface area contributed by atoms with Gasteiger partial charge in [-0.15, -0.1) is 0 Å². The van der Waals surface area contributed by atoms with E-state index in [9.17, 15) is 13.6 Å². The van der Waals surface area contributed by atoms with Crippen LogP contribution in [0.5, 0.6) is 5.75 Å².